The molecule has 1 aliphatic heterocycles. The Kier molecular flexibility index (Phi) is 7.81. The standard InChI is InChI=1S/C27H33ClN6O4/c1-26(2)23(27(3,4)24(26)38-19-6-5-17(14-29)20(28)13-19)32-22(37)18-15-30-25(31-16-18)34-11-9-33(10-12-34)8-7-21(35)36/h5-6,13,15-16,23-24H,7-12H2,1-4H3,(H,32,37)(H,35,36). The summed E-state index contributed by atoms with van der Waals surface area (Å²) in [6.07, 6.45) is 3.02. The van der Waals surface area contributed by atoms with Crippen LogP contribution in [-0.4, -0.2) is 76.7 Å². The fourth-order valence-electron chi connectivity index (χ4n) is 5.84. The smallest absolute Gasteiger partial charge is 0.304 e. The summed E-state index contributed by atoms with van der Waals surface area (Å²) in [6, 6.07) is 6.89. The van der Waals surface area contributed by atoms with E-state index in [0.717, 1.165) is 13.1 Å². The molecule has 1 aliphatic carbocycles. The molecule has 2 fully saturated rings. The Hall–Kier alpha value is -3.42. The molecular weight excluding hydrogens is 508 g/mol. The van der Waals surface area contributed by atoms with Crippen molar-refractivity contribution in [2.75, 3.05) is 37.6 Å². The molecule has 0 atom stereocenters. The van der Waals surface area contributed by atoms with Gasteiger partial charge in [-0.3, -0.25) is 14.5 Å². The lowest BCUT2D eigenvalue weighted by Crippen LogP contribution is -2.74. The Bertz CT molecular complexity index is 1220. The molecule has 202 valence electrons. The molecule has 1 saturated heterocycles. The van der Waals surface area contributed by atoms with Crippen LogP contribution in [0, 0.1) is 22.2 Å². The van der Waals surface area contributed by atoms with Crippen LogP contribution in [0.2, 0.25) is 5.02 Å². The summed E-state index contributed by atoms with van der Waals surface area (Å²) < 4.78 is 6.29. The molecule has 1 saturated carbocycles. The second-order valence-corrected chi connectivity index (χ2v) is 11.5. The molecule has 0 bridgehead atoms. The summed E-state index contributed by atoms with van der Waals surface area (Å²) in [7, 11) is 0. The monoisotopic (exact) mass is 540 g/mol. The van der Waals surface area contributed by atoms with Crippen LogP contribution < -0.4 is 15.0 Å². The lowest BCUT2D eigenvalue weighted by Gasteiger charge is -2.63. The van der Waals surface area contributed by atoms with Gasteiger partial charge in [0.1, 0.15) is 17.9 Å². The second-order valence-electron chi connectivity index (χ2n) is 11.0. The Morgan fingerprint density at radius 1 is 1.16 bits per heavy atom. The highest BCUT2D eigenvalue weighted by Gasteiger charge is 2.64. The van der Waals surface area contributed by atoms with Gasteiger partial charge in [0.15, 0.2) is 0 Å². The number of piperazine rings is 1. The van der Waals surface area contributed by atoms with Gasteiger partial charge in [0.25, 0.3) is 5.91 Å². The number of nitrogens with zero attached hydrogens (tertiary/aromatic N) is 5. The predicted molar refractivity (Wildman–Crippen MR) is 142 cm³/mol. The first-order valence-corrected chi connectivity index (χ1v) is 13.0. The Morgan fingerprint density at radius 3 is 2.34 bits per heavy atom. The van der Waals surface area contributed by atoms with Crippen LogP contribution in [0.4, 0.5) is 5.95 Å². The van der Waals surface area contributed by atoms with Gasteiger partial charge >= 0.3 is 5.97 Å². The normalized spacial score (nSPS) is 22.2. The van der Waals surface area contributed by atoms with E-state index in [-0.39, 0.29) is 35.3 Å². The lowest BCUT2D eigenvalue weighted by molar-refractivity contribution is -0.164. The number of nitriles is 1. The summed E-state index contributed by atoms with van der Waals surface area (Å²) in [5, 5.41) is 21.5. The van der Waals surface area contributed by atoms with Crippen molar-refractivity contribution in [3.8, 4) is 11.8 Å². The fourth-order valence-corrected chi connectivity index (χ4v) is 6.05. The minimum absolute atomic E-state index is 0.131. The molecular formula is C27H33ClN6O4. The van der Waals surface area contributed by atoms with E-state index in [1.165, 1.54) is 0 Å². The van der Waals surface area contributed by atoms with Crippen LogP contribution in [0.1, 0.15) is 50.0 Å². The number of hydrogen-bond acceptors (Lipinski definition) is 8. The van der Waals surface area contributed by atoms with Crippen molar-refractivity contribution < 1.29 is 19.4 Å². The highest BCUT2D eigenvalue weighted by molar-refractivity contribution is 6.31. The van der Waals surface area contributed by atoms with Gasteiger partial charge in [0.2, 0.25) is 5.95 Å². The molecule has 10 nitrogen and oxygen atoms in total. The Balaban J connectivity index is 1.35. The maximum atomic E-state index is 13.1. The Morgan fingerprint density at radius 2 is 1.79 bits per heavy atom. The Labute approximate surface area is 227 Å². The van der Waals surface area contributed by atoms with Crippen molar-refractivity contribution in [2.24, 2.45) is 10.8 Å². The van der Waals surface area contributed by atoms with Gasteiger partial charge in [-0.15, -0.1) is 0 Å². The van der Waals surface area contributed by atoms with E-state index in [4.69, 9.17) is 26.7 Å². The number of aromatic nitrogens is 2. The largest absolute Gasteiger partial charge is 0.489 e. The number of ether oxygens (including phenoxy) is 1. The highest BCUT2D eigenvalue weighted by Crippen LogP contribution is 2.55. The molecule has 2 N–H and O–H groups in total. The number of carbonyl (C=O) groups is 2. The SMILES string of the molecule is CC1(C)C(NC(=O)c2cnc(N3CCN(CCC(=O)O)CC3)nc2)C(C)(C)C1Oc1ccc(C#N)c(Cl)c1. The van der Waals surface area contributed by atoms with Crippen LogP contribution in [0.5, 0.6) is 5.75 Å². The van der Waals surface area contributed by atoms with Crippen molar-refractivity contribution in [1.82, 2.24) is 20.2 Å². The van der Waals surface area contributed by atoms with Gasteiger partial charge in [-0.25, -0.2) is 9.97 Å². The van der Waals surface area contributed by atoms with E-state index >= 15 is 0 Å². The van der Waals surface area contributed by atoms with E-state index < -0.39 is 5.97 Å². The number of carbonyl (C=O) groups excluding carboxylic acids is 1. The van der Waals surface area contributed by atoms with Crippen LogP contribution in [0.15, 0.2) is 30.6 Å². The van der Waals surface area contributed by atoms with Crippen molar-refractivity contribution >= 4 is 29.4 Å². The molecule has 0 spiro atoms. The summed E-state index contributed by atoms with van der Waals surface area (Å²) in [5.74, 6) is 0.0912. The molecule has 4 rings (SSSR count). The first-order chi connectivity index (χ1) is 17.9. The molecule has 38 heavy (non-hydrogen) atoms. The van der Waals surface area contributed by atoms with E-state index in [0.29, 0.717) is 47.5 Å². The van der Waals surface area contributed by atoms with Crippen molar-refractivity contribution in [3.05, 3.63) is 46.7 Å². The van der Waals surface area contributed by atoms with Crippen LogP contribution in [0.25, 0.3) is 0 Å². The third-order valence-corrected chi connectivity index (χ3v) is 7.94. The molecule has 0 unspecified atom stereocenters. The molecule has 2 aromatic rings. The summed E-state index contributed by atoms with van der Waals surface area (Å²) in [6.45, 7) is 11.6. The van der Waals surface area contributed by atoms with E-state index in [2.05, 4.69) is 47.9 Å². The topological polar surface area (TPSA) is 132 Å². The summed E-state index contributed by atoms with van der Waals surface area (Å²) in [4.78, 5) is 36.9. The number of carboxylic acids is 1. The zero-order chi connectivity index (χ0) is 27.7. The molecule has 2 aliphatic rings. The van der Waals surface area contributed by atoms with E-state index in [1.807, 2.05) is 11.0 Å². The quantitative estimate of drug-likeness (QED) is 0.518. The first kappa shape index (κ1) is 27.6. The molecule has 11 heteroatoms. The predicted octanol–water partition coefficient (Wildman–Crippen LogP) is 3.21. The highest BCUT2D eigenvalue weighted by atomic mass is 35.5. The average Bonchev–Trinajstić information content (AvgIpc) is 2.89. The van der Waals surface area contributed by atoms with Crippen molar-refractivity contribution in [3.63, 3.8) is 0 Å². The lowest BCUT2D eigenvalue weighted by atomic mass is 9.49. The number of aliphatic carboxylic acids is 1. The van der Waals surface area contributed by atoms with Crippen molar-refractivity contribution in [1.29, 1.82) is 5.26 Å². The average molecular weight is 541 g/mol. The zero-order valence-corrected chi connectivity index (χ0v) is 22.8. The minimum Gasteiger partial charge on any atom is -0.489 e. The molecule has 1 amide bonds. The molecule has 1 aromatic carbocycles. The van der Waals surface area contributed by atoms with Crippen LogP contribution in [0.3, 0.4) is 0 Å². The summed E-state index contributed by atoms with van der Waals surface area (Å²) in [5.41, 5.74) is 0.0209. The van der Waals surface area contributed by atoms with Gasteiger partial charge in [0, 0.05) is 68.1 Å². The second kappa shape index (κ2) is 10.8. The number of carboxylic acid groups (broad SMARTS) is 1. The van der Waals surface area contributed by atoms with Crippen LogP contribution in [-0.2, 0) is 4.79 Å². The number of nitrogens with one attached hydrogen (secondary N) is 1. The van der Waals surface area contributed by atoms with Gasteiger partial charge in [-0.1, -0.05) is 39.3 Å². The number of benzene rings is 1. The maximum absolute atomic E-state index is 13.1. The zero-order valence-electron chi connectivity index (χ0n) is 22.1. The van der Waals surface area contributed by atoms with Gasteiger partial charge in [-0.2, -0.15) is 5.26 Å². The van der Waals surface area contributed by atoms with Gasteiger partial charge in [0.05, 0.1) is 22.6 Å². The first-order valence-electron chi connectivity index (χ1n) is 12.6. The summed E-state index contributed by atoms with van der Waals surface area (Å²) >= 11 is 6.18. The molecule has 0 radical (unpaired) electrons. The fraction of sp³-hybridized carbons (Fsp3) is 0.519. The minimum atomic E-state index is -0.794. The number of amides is 1. The number of rotatable bonds is 8. The van der Waals surface area contributed by atoms with Gasteiger partial charge in [-0.05, 0) is 12.1 Å². The van der Waals surface area contributed by atoms with Gasteiger partial charge < -0.3 is 20.1 Å². The van der Waals surface area contributed by atoms with Crippen molar-refractivity contribution in [2.45, 2.75) is 46.3 Å². The maximum Gasteiger partial charge on any atom is 0.304 e. The third kappa shape index (κ3) is 5.54. The number of hydrogen-bond donors (Lipinski definition) is 2. The van der Waals surface area contributed by atoms with E-state index in [1.54, 1.807) is 30.6 Å². The number of anilines is 1. The molecule has 1 aromatic heterocycles. The van der Waals surface area contributed by atoms with E-state index in [9.17, 15) is 9.59 Å². The molecule has 2 heterocycles. The van der Waals surface area contributed by atoms with Crippen LogP contribution >= 0.6 is 11.6 Å². The number of halogens is 1. The third-order valence-electron chi connectivity index (χ3n) is 7.63.